The topological polar surface area (TPSA) is 70.2 Å². The number of hydrogen-bond donors (Lipinski definition) is 3. The largest absolute Gasteiger partial charge is 0.371 e. The minimum atomic E-state index is -0.964. The molecule has 0 aromatic heterocycles. The Bertz CT molecular complexity index is 763. The Balaban J connectivity index is 1.91. The van der Waals surface area contributed by atoms with E-state index in [-0.39, 0.29) is 18.3 Å². The van der Waals surface area contributed by atoms with Gasteiger partial charge in [-0.25, -0.2) is 8.78 Å². The molecule has 1 unspecified atom stereocenters. The lowest BCUT2D eigenvalue weighted by Gasteiger charge is -2.29. The molecule has 0 heterocycles. The highest BCUT2D eigenvalue weighted by Crippen LogP contribution is 2.19. The van der Waals surface area contributed by atoms with Crippen LogP contribution in [0.15, 0.2) is 48.5 Å². The van der Waals surface area contributed by atoms with Gasteiger partial charge >= 0.3 is 0 Å². The molecule has 0 aliphatic heterocycles. The van der Waals surface area contributed by atoms with Gasteiger partial charge in [0.15, 0.2) is 0 Å². The first-order valence-electron chi connectivity index (χ1n) is 8.20. The average Bonchev–Trinajstić information content (AvgIpc) is 2.63. The Kier molecular flexibility index (Phi) is 6.27. The van der Waals surface area contributed by atoms with Crippen molar-refractivity contribution in [1.29, 1.82) is 0 Å². The Morgan fingerprint density at radius 2 is 1.42 bits per heavy atom. The molecule has 2 aromatic rings. The third kappa shape index (κ3) is 5.27. The summed E-state index contributed by atoms with van der Waals surface area (Å²) in [5, 5.41) is 8.20. The van der Waals surface area contributed by atoms with Crippen molar-refractivity contribution in [2.45, 2.75) is 25.8 Å². The second-order valence-corrected chi connectivity index (χ2v) is 6.06. The van der Waals surface area contributed by atoms with Crippen LogP contribution < -0.4 is 16.0 Å². The van der Waals surface area contributed by atoms with Crippen molar-refractivity contribution in [2.75, 3.05) is 17.2 Å². The minimum Gasteiger partial charge on any atom is -0.371 e. The van der Waals surface area contributed by atoms with E-state index in [9.17, 15) is 18.4 Å². The molecule has 0 aliphatic rings. The van der Waals surface area contributed by atoms with E-state index in [0.717, 1.165) is 0 Å². The van der Waals surface area contributed by atoms with Crippen molar-refractivity contribution >= 4 is 23.2 Å². The molecule has 2 aromatic carbocycles. The van der Waals surface area contributed by atoms with E-state index in [1.807, 2.05) is 6.92 Å². The van der Waals surface area contributed by atoms with Gasteiger partial charge in [0.2, 0.25) is 11.8 Å². The van der Waals surface area contributed by atoms with Crippen LogP contribution in [-0.2, 0) is 9.59 Å². The predicted molar refractivity (Wildman–Crippen MR) is 96.8 cm³/mol. The molecular formula is C19H21F2N3O2. The number of rotatable bonds is 7. The molecule has 0 saturated carbocycles. The van der Waals surface area contributed by atoms with Gasteiger partial charge in [-0.05, 0) is 61.9 Å². The highest BCUT2D eigenvalue weighted by molar-refractivity contribution is 5.96. The number of nitrogens with one attached hydrogen (secondary N) is 3. The molecule has 5 nitrogen and oxygen atoms in total. The van der Waals surface area contributed by atoms with E-state index >= 15 is 0 Å². The maximum atomic E-state index is 13.0. The fourth-order valence-corrected chi connectivity index (χ4v) is 2.25. The first-order valence-corrected chi connectivity index (χ1v) is 8.20. The summed E-state index contributed by atoms with van der Waals surface area (Å²) >= 11 is 0. The minimum absolute atomic E-state index is 0.225. The smallest absolute Gasteiger partial charge is 0.245 e. The third-order valence-corrected chi connectivity index (χ3v) is 4.01. The van der Waals surface area contributed by atoms with Crippen LogP contribution in [0.25, 0.3) is 0 Å². The molecule has 0 fully saturated rings. The molecule has 2 rings (SSSR count). The van der Waals surface area contributed by atoms with E-state index in [1.54, 1.807) is 6.92 Å². The molecule has 0 bridgehead atoms. The summed E-state index contributed by atoms with van der Waals surface area (Å²) in [6, 6.07) is 11.0. The van der Waals surface area contributed by atoms with Crippen LogP contribution in [0, 0.1) is 11.6 Å². The van der Waals surface area contributed by atoms with Gasteiger partial charge in [0.25, 0.3) is 0 Å². The number of halogens is 2. The van der Waals surface area contributed by atoms with Gasteiger partial charge in [-0.1, -0.05) is 6.92 Å². The van der Waals surface area contributed by atoms with E-state index < -0.39 is 17.3 Å². The Morgan fingerprint density at radius 3 is 1.92 bits per heavy atom. The molecule has 1 atom stereocenters. The van der Waals surface area contributed by atoms with Gasteiger partial charge in [0.1, 0.15) is 17.2 Å². The molecule has 7 heteroatoms. The van der Waals surface area contributed by atoms with Crippen LogP contribution in [0.1, 0.15) is 20.3 Å². The van der Waals surface area contributed by atoms with Crippen LogP contribution in [0.4, 0.5) is 20.2 Å². The molecule has 138 valence electrons. The van der Waals surface area contributed by atoms with Gasteiger partial charge in [0, 0.05) is 11.4 Å². The SMILES string of the molecule is CCC(C)(Nc1ccc(F)cc1)C(=O)NCC(=O)Nc1ccc(F)cc1. The molecule has 0 radical (unpaired) electrons. The Morgan fingerprint density at radius 1 is 0.923 bits per heavy atom. The lowest BCUT2D eigenvalue weighted by atomic mass is 9.97. The normalized spacial score (nSPS) is 12.8. The first-order chi connectivity index (χ1) is 12.3. The lowest BCUT2D eigenvalue weighted by Crippen LogP contribution is -2.51. The summed E-state index contributed by atoms with van der Waals surface area (Å²) in [6.45, 7) is 3.30. The summed E-state index contributed by atoms with van der Waals surface area (Å²) < 4.78 is 25.9. The van der Waals surface area contributed by atoms with Crippen LogP contribution in [0.5, 0.6) is 0 Å². The fraction of sp³-hybridized carbons (Fsp3) is 0.263. The second-order valence-electron chi connectivity index (χ2n) is 6.06. The average molecular weight is 361 g/mol. The summed E-state index contributed by atoms with van der Waals surface area (Å²) in [7, 11) is 0. The molecular weight excluding hydrogens is 340 g/mol. The molecule has 2 amide bonds. The van der Waals surface area contributed by atoms with Gasteiger partial charge in [-0.15, -0.1) is 0 Å². The molecule has 0 aliphatic carbocycles. The zero-order valence-corrected chi connectivity index (χ0v) is 14.6. The lowest BCUT2D eigenvalue weighted by molar-refractivity contribution is -0.127. The van der Waals surface area contributed by atoms with Gasteiger partial charge in [-0.2, -0.15) is 0 Å². The second kappa shape index (κ2) is 8.42. The first kappa shape index (κ1) is 19.4. The summed E-state index contributed by atoms with van der Waals surface area (Å²) in [6.07, 6.45) is 0.454. The number of amides is 2. The van der Waals surface area contributed by atoms with Crippen LogP contribution in [0.3, 0.4) is 0 Å². The van der Waals surface area contributed by atoms with E-state index in [4.69, 9.17) is 0 Å². The number of benzene rings is 2. The van der Waals surface area contributed by atoms with E-state index in [2.05, 4.69) is 16.0 Å². The van der Waals surface area contributed by atoms with Gasteiger partial charge in [0.05, 0.1) is 6.54 Å². The monoisotopic (exact) mass is 361 g/mol. The van der Waals surface area contributed by atoms with Crippen molar-refractivity contribution in [3.63, 3.8) is 0 Å². The number of carbonyl (C=O) groups excluding carboxylic acids is 2. The van der Waals surface area contributed by atoms with E-state index in [1.165, 1.54) is 48.5 Å². The quantitative estimate of drug-likeness (QED) is 0.709. The van der Waals surface area contributed by atoms with Gasteiger partial charge < -0.3 is 16.0 Å². The maximum Gasteiger partial charge on any atom is 0.245 e. The Labute approximate surface area is 150 Å². The number of hydrogen-bond acceptors (Lipinski definition) is 3. The number of anilines is 2. The van der Waals surface area contributed by atoms with Gasteiger partial charge in [-0.3, -0.25) is 9.59 Å². The molecule has 26 heavy (non-hydrogen) atoms. The number of carbonyl (C=O) groups is 2. The molecule has 0 saturated heterocycles. The fourth-order valence-electron chi connectivity index (χ4n) is 2.25. The predicted octanol–water partition coefficient (Wildman–Crippen LogP) is 3.30. The highest BCUT2D eigenvalue weighted by atomic mass is 19.1. The van der Waals surface area contributed by atoms with Crippen molar-refractivity contribution in [3.05, 3.63) is 60.2 Å². The molecule has 0 spiro atoms. The van der Waals surface area contributed by atoms with Crippen LogP contribution in [0.2, 0.25) is 0 Å². The summed E-state index contributed by atoms with van der Waals surface area (Å²) in [4.78, 5) is 24.4. The Hall–Kier alpha value is -2.96. The zero-order valence-electron chi connectivity index (χ0n) is 14.6. The van der Waals surface area contributed by atoms with Crippen molar-refractivity contribution in [1.82, 2.24) is 5.32 Å². The standard InChI is InChI=1S/C19H21F2N3O2/c1-3-19(2,24-16-10-6-14(21)7-11-16)18(26)22-12-17(25)23-15-8-4-13(20)5-9-15/h4-11,24H,3,12H2,1-2H3,(H,22,26)(H,23,25). The summed E-state index contributed by atoms with van der Waals surface area (Å²) in [5.74, 6) is -1.55. The van der Waals surface area contributed by atoms with Crippen molar-refractivity contribution in [2.24, 2.45) is 0 Å². The van der Waals surface area contributed by atoms with E-state index in [0.29, 0.717) is 17.8 Å². The maximum absolute atomic E-state index is 13.0. The summed E-state index contributed by atoms with van der Waals surface area (Å²) in [5.41, 5.74) is 0.0727. The molecule has 3 N–H and O–H groups in total. The van der Waals surface area contributed by atoms with Crippen LogP contribution in [-0.4, -0.2) is 23.9 Å². The van der Waals surface area contributed by atoms with Crippen molar-refractivity contribution < 1.29 is 18.4 Å². The highest BCUT2D eigenvalue weighted by Gasteiger charge is 2.31. The van der Waals surface area contributed by atoms with Crippen molar-refractivity contribution in [3.8, 4) is 0 Å². The third-order valence-electron chi connectivity index (χ3n) is 4.01. The zero-order chi connectivity index (χ0) is 19.2. The van der Waals surface area contributed by atoms with Crippen LogP contribution >= 0.6 is 0 Å².